The van der Waals surface area contributed by atoms with Crippen LogP contribution in [0.15, 0.2) is 48.7 Å². The number of amides is 2. The fourth-order valence-electron chi connectivity index (χ4n) is 2.59. The first kappa shape index (κ1) is 16.8. The van der Waals surface area contributed by atoms with E-state index in [-0.39, 0.29) is 12.1 Å². The number of benzene rings is 1. The molecule has 7 nitrogen and oxygen atoms in total. The highest BCUT2D eigenvalue weighted by molar-refractivity contribution is 5.74. The first-order valence-corrected chi connectivity index (χ1v) is 8.02. The average Bonchev–Trinajstić information content (AvgIpc) is 3.06. The largest absolute Gasteiger partial charge is 0.497 e. The molecule has 0 fully saturated rings. The molecule has 2 amide bonds. The summed E-state index contributed by atoms with van der Waals surface area (Å²) >= 11 is 0. The number of carbonyl (C=O) groups is 1. The molecule has 1 N–H and O–H groups in total. The van der Waals surface area contributed by atoms with Gasteiger partial charge in [0.2, 0.25) is 0 Å². The molecule has 0 saturated heterocycles. The fourth-order valence-corrected chi connectivity index (χ4v) is 2.59. The van der Waals surface area contributed by atoms with Crippen LogP contribution in [-0.4, -0.2) is 39.7 Å². The second-order valence-corrected chi connectivity index (χ2v) is 5.86. The highest BCUT2D eigenvalue weighted by Gasteiger charge is 2.18. The molecular weight excluding hydrogens is 318 g/mol. The van der Waals surface area contributed by atoms with Crippen LogP contribution in [0.1, 0.15) is 24.4 Å². The molecule has 3 rings (SSSR count). The van der Waals surface area contributed by atoms with Crippen molar-refractivity contribution >= 4 is 11.7 Å². The van der Waals surface area contributed by atoms with Gasteiger partial charge in [-0.25, -0.2) is 4.79 Å². The van der Waals surface area contributed by atoms with Gasteiger partial charge in [-0.15, -0.1) is 10.2 Å². The molecule has 0 radical (unpaired) electrons. The van der Waals surface area contributed by atoms with Gasteiger partial charge in [-0.2, -0.15) is 0 Å². The Morgan fingerprint density at radius 2 is 2.00 bits per heavy atom. The van der Waals surface area contributed by atoms with Gasteiger partial charge in [0.25, 0.3) is 0 Å². The molecule has 130 valence electrons. The van der Waals surface area contributed by atoms with Crippen molar-refractivity contribution < 1.29 is 9.53 Å². The summed E-state index contributed by atoms with van der Waals surface area (Å²) in [6, 6.07) is 12.9. The third-order valence-electron chi connectivity index (χ3n) is 3.99. The number of aromatic nitrogens is 3. The Morgan fingerprint density at radius 3 is 2.72 bits per heavy atom. The summed E-state index contributed by atoms with van der Waals surface area (Å²) in [6.45, 7) is 2.39. The van der Waals surface area contributed by atoms with E-state index in [1.54, 1.807) is 19.1 Å². The Morgan fingerprint density at radius 1 is 1.24 bits per heavy atom. The van der Waals surface area contributed by atoms with Gasteiger partial charge < -0.3 is 15.0 Å². The van der Waals surface area contributed by atoms with Gasteiger partial charge in [0, 0.05) is 19.8 Å². The Bertz CT molecular complexity index is 859. The maximum Gasteiger partial charge on any atom is 0.318 e. The molecular formula is C18H21N5O2. The predicted molar refractivity (Wildman–Crippen MR) is 94.4 cm³/mol. The van der Waals surface area contributed by atoms with E-state index < -0.39 is 0 Å². The third kappa shape index (κ3) is 3.71. The summed E-state index contributed by atoms with van der Waals surface area (Å²) in [4.78, 5) is 14.1. The number of nitrogens with one attached hydrogen (secondary N) is 1. The number of ether oxygens (including phenoxy) is 1. The van der Waals surface area contributed by atoms with Crippen LogP contribution < -0.4 is 10.1 Å². The minimum atomic E-state index is -0.261. The van der Waals surface area contributed by atoms with Gasteiger partial charge in [0.05, 0.1) is 13.2 Å². The molecule has 1 aromatic carbocycles. The molecule has 0 aliphatic rings. The average molecular weight is 339 g/mol. The number of fused-ring (bicyclic) bond motifs is 1. The van der Waals surface area contributed by atoms with Gasteiger partial charge in [-0.3, -0.25) is 4.40 Å². The molecule has 0 aliphatic heterocycles. The topological polar surface area (TPSA) is 71.8 Å². The first-order chi connectivity index (χ1) is 12.1. The number of hydrogen-bond donors (Lipinski definition) is 1. The maximum absolute atomic E-state index is 12.4. The monoisotopic (exact) mass is 339 g/mol. The Balaban J connectivity index is 1.64. The number of rotatable bonds is 5. The van der Waals surface area contributed by atoms with Gasteiger partial charge in [-0.1, -0.05) is 18.2 Å². The molecule has 0 spiro atoms. The molecule has 25 heavy (non-hydrogen) atoms. The summed E-state index contributed by atoms with van der Waals surface area (Å²) in [5.41, 5.74) is 1.78. The smallest absolute Gasteiger partial charge is 0.318 e. The van der Waals surface area contributed by atoms with Crippen LogP contribution in [0.3, 0.4) is 0 Å². The standard InChI is InChI=1S/C18H21N5O2/c1-13(17-21-20-16-6-4-5-11-23(16)17)19-18(24)22(2)12-14-7-9-15(25-3)10-8-14/h4-11,13H,12H2,1-3H3,(H,19,24). The van der Waals surface area contributed by atoms with Crippen molar-refractivity contribution in [3.63, 3.8) is 0 Å². The van der Waals surface area contributed by atoms with Gasteiger partial charge in [0.1, 0.15) is 5.75 Å². The minimum absolute atomic E-state index is 0.170. The number of nitrogens with zero attached hydrogens (tertiary/aromatic N) is 4. The molecule has 2 heterocycles. The van der Waals surface area contributed by atoms with Crippen molar-refractivity contribution in [1.82, 2.24) is 24.8 Å². The Labute approximate surface area is 146 Å². The zero-order valence-electron chi connectivity index (χ0n) is 14.5. The molecule has 1 atom stereocenters. The van der Waals surface area contributed by atoms with Crippen molar-refractivity contribution in [2.24, 2.45) is 0 Å². The molecule has 7 heteroatoms. The van der Waals surface area contributed by atoms with Gasteiger partial charge >= 0.3 is 6.03 Å². The van der Waals surface area contributed by atoms with Crippen LogP contribution in [0.4, 0.5) is 4.79 Å². The van der Waals surface area contributed by atoms with E-state index >= 15 is 0 Å². The minimum Gasteiger partial charge on any atom is -0.497 e. The predicted octanol–water partition coefficient (Wildman–Crippen LogP) is 2.64. The highest BCUT2D eigenvalue weighted by Crippen LogP contribution is 2.14. The summed E-state index contributed by atoms with van der Waals surface area (Å²) in [6.07, 6.45) is 1.88. The van der Waals surface area contributed by atoms with E-state index in [0.717, 1.165) is 17.0 Å². The number of pyridine rings is 1. The normalized spacial score (nSPS) is 12.0. The van der Waals surface area contributed by atoms with Crippen LogP contribution in [0.2, 0.25) is 0 Å². The second kappa shape index (κ2) is 7.21. The summed E-state index contributed by atoms with van der Waals surface area (Å²) in [7, 11) is 3.39. The number of hydrogen-bond acceptors (Lipinski definition) is 4. The summed E-state index contributed by atoms with van der Waals surface area (Å²) in [5, 5.41) is 11.2. The lowest BCUT2D eigenvalue weighted by molar-refractivity contribution is 0.203. The molecule has 0 bridgehead atoms. The Hall–Kier alpha value is -3.09. The number of carbonyl (C=O) groups excluding carboxylic acids is 1. The summed E-state index contributed by atoms with van der Waals surface area (Å²) in [5.74, 6) is 1.49. The van der Waals surface area contributed by atoms with Crippen LogP contribution >= 0.6 is 0 Å². The van der Waals surface area contributed by atoms with E-state index in [9.17, 15) is 4.79 Å². The SMILES string of the molecule is COc1ccc(CN(C)C(=O)NC(C)c2nnc3ccccn23)cc1. The van der Waals surface area contributed by atoms with Crippen molar-refractivity contribution in [3.8, 4) is 5.75 Å². The van der Waals surface area contributed by atoms with E-state index in [1.165, 1.54) is 0 Å². The zero-order valence-corrected chi connectivity index (χ0v) is 14.5. The van der Waals surface area contributed by atoms with Crippen LogP contribution in [0.25, 0.3) is 5.65 Å². The third-order valence-corrected chi connectivity index (χ3v) is 3.99. The molecule has 3 aromatic rings. The zero-order chi connectivity index (χ0) is 17.8. The van der Waals surface area contributed by atoms with Crippen LogP contribution in [-0.2, 0) is 6.54 Å². The molecule has 1 unspecified atom stereocenters. The van der Waals surface area contributed by atoms with E-state index in [0.29, 0.717) is 12.4 Å². The molecule has 0 aliphatic carbocycles. The van der Waals surface area contributed by atoms with E-state index in [4.69, 9.17) is 4.74 Å². The summed E-state index contributed by atoms with van der Waals surface area (Å²) < 4.78 is 7.01. The lowest BCUT2D eigenvalue weighted by Crippen LogP contribution is -2.38. The first-order valence-electron chi connectivity index (χ1n) is 8.02. The van der Waals surface area contributed by atoms with Gasteiger partial charge in [0.15, 0.2) is 11.5 Å². The second-order valence-electron chi connectivity index (χ2n) is 5.86. The molecule has 2 aromatic heterocycles. The lowest BCUT2D eigenvalue weighted by Gasteiger charge is -2.21. The van der Waals surface area contributed by atoms with Crippen LogP contribution in [0, 0.1) is 0 Å². The van der Waals surface area contributed by atoms with Crippen molar-refractivity contribution in [3.05, 3.63) is 60.0 Å². The van der Waals surface area contributed by atoms with Crippen molar-refractivity contribution in [2.45, 2.75) is 19.5 Å². The quantitative estimate of drug-likeness (QED) is 0.776. The fraction of sp³-hybridized carbons (Fsp3) is 0.278. The van der Waals surface area contributed by atoms with Crippen molar-refractivity contribution in [1.29, 1.82) is 0 Å². The highest BCUT2D eigenvalue weighted by atomic mass is 16.5. The van der Waals surface area contributed by atoms with E-state index in [2.05, 4.69) is 15.5 Å². The lowest BCUT2D eigenvalue weighted by atomic mass is 10.2. The molecule has 0 saturated carbocycles. The van der Waals surface area contributed by atoms with Gasteiger partial charge in [-0.05, 0) is 36.8 Å². The van der Waals surface area contributed by atoms with Crippen LogP contribution in [0.5, 0.6) is 5.75 Å². The van der Waals surface area contributed by atoms with E-state index in [1.807, 2.05) is 60.0 Å². The maximum atomic E-state index is 12.4. The van der Waals surface area contributed by atoms with Crippen molar-refractivity contribution in [2.75, 3.05) is 14.2 Å². The number of urea groups is 1. The Kier molecular flexibility index (Phi) is 4.83. The number of methoxy groups -OCH3 is 1.